The number of nitrogens with zero attached hydrogens (tertiary/aromatic N) is 5. The van der Waals surface area contributed by atoms with Crippen LogP contribution in [0, 0.1) is 0 Å². The predicted octanol–water partition coefficient (Wildman–Crippen LogP) is 2.80. The van der Waals surface area contributed by atoms with E-state index in [0.717, 1.165) is 47.4 Å². The highest BCUT2D eigenvalue weighted by atomic mass is 35.5. The van der Waals surface area contributed by atoms with Crippen molar-refractivity contribution in [3.63, 3.8) is 0 Å². The van der Waals surface area contributed by atoms with Crippen molar-refractivity contribution in [1.29, 1.82) is 0 Å². The first-order valence-corrected chi connectivity index (χ1v) is 7.56. The summed E-state index contributed by atoms with van der Waals surface area (Å²) < 4.78 is 6.46. The molecule has 2 aromatic heterocycles. The van der Waals surface area contributed by atoms with Crippen LogP contribution in [0.3, 0.4) is 0 Å². The van der Waals surface area contributed by atoms with Crippen LogP contribution in [-0.4, -0.2) is 32.0 Å². The number of benzene rings is 1. The summed E-state index contributed by atoms with van der Waals surface area (Å²) in [4.78, 5) is 2.21. The van der Waals surface area contributed by atoms with Gasteiger partial charge in [0.05, 0.1) is 5.69 Å². The summed E-state index contributed by atoms with van der Waals surface area (Å²) in [5.74, 6) is 0. The molecule has 0 spiro atoms. The molecule has 0 unspecified atom stereocenters. The van der Waals surface area contributed by atoms with Crippen molar-refractivity contribution in [2.24, 2.45) is 7.05 Å². The predicted molar refractivity (Wildman–Crippen MR) is 84.6 cm³/mol. The largest absolute Gasteiger partial charge is 0.298 e. The van der Waals surface area contributed by atoms with Gasteiger partial charge in [-0.05, 0) is 41.5 Å². The highest BCUT2D eigenvalue weighted by Gasteiger charge is 2.15. The summed E-state index contributed by atoms with van der Waals surface area (Å²) in [5, 5.41) is 12.9. The SMILES string of the molecule is CCc1nn(C)c(Cl)c1CN(C)Cc1ccc2nonc2c1. The summed E-state index contributed by atoms with van der Waals surface area (Å²) in [6, 6.07) is 5.95. The van der Waals surface area contributed by atoms with E-state index >= 15 is 0 Å². The van der Waals surface area contributed by atoms with Gasteiger partial charge in [-0.1, -0.05) is 24.6 Å². The number of fused-ring (bicyclic) bond motifs is 1. The molecule has 116 valence electrons. The molecule has 0 N–H and O–H groups in total. The third-order valence-electron chi connectivity index (χ3n) is 3.69. The smallest absolute Gasteiger partial charge is 0.135 e. The second kappa shape index (κ2) is 6.06. The molecule has 0 bridgehead atoms. The Labute approximate surface area is 133 Å². The lowest BCUT2D eigenvalue weighted by atomic mass is 10.1. The topological polar surface area (TPSA) is 60.0 Å². The van der Waals surface area contributed by atoms with Crippen molar-refractivity contribution in [3.05, 3.63) is 40.2 Å². The summed E-state index contributed by atoms with van der Waals surface area (Å²) in [6.07, 6.45) is 0.875. The molecule has 3 rings (SSSR count). The number of hydrogen-bond acceptors (Lipinski definition) is 5. The summed E-state index contributed by atoms with van der Waals surface area (Å²) in [7, 11) is 3.94. The molecule has 1 aromatic carbocycles. The van der Waals surface area contributed by atoms with Crippen LogP contribution in [0.2, 0.25) is 5.15 Å². The average molecular weight is 320 g/mol. The Bertz CT molecular complexity index is 794. The maximum atomic E-state index is 6.35. The minimum Gasteiger partial charge on any atom is -0.298 e. The van der Waals surface area contributed by atoms with Crippen LogP contribution in [0.25, 0.3) is 11.0 Å². The van der Waals surface area contributed by atoms with Crippen LogP contribution in [0.4, 0.5) is 0 Å². The Morgan fingerprint density at radius 2 is 2.00 bits per heavy atom. The quantitative estimate of drug-likeness (QED) is 0.723. The van der Waals surface area contributed by atoms with Crippen LogP contribution in [-0.2, 0) is 26.6 Å². The molecule has 0 amide bonds. The number of aromatic nitrogens is 4. The first kappa shape index (κ1) is 15.0. The molecule has 6 nitrogen and oxygen atoms in total. The zero-order chi connectivity index (χ0) is 15.7. The van der Waals surface area contributed by atoms with Gasteiger partial charge in [-0.2, -0.15) is 5.10 Å². The van der Waals surface area contributed by atoms with Gasteiger partial charge in [0.15, 0.2) is 0 Å². The molecule has 0 aliphatic rings. The van der Waals surface area contributed by atoms with Crippen molar-refractivity contribution < 1.29 is 4.63 Å². The van der Waals surface area contributed by atoms with Crippen LogP contribution in [0.15, 0.2) is 22.8 Å². The van der Waals surface area contributed by atoms with E-state index < -0.39 is 0 Å². The van der Waals surface area contributed by atoms with Crippen molar-refractivity contribution >= 4 is 22.6 Å². The molecule has 0 saturated carbocycles. The van der Waals surface area contributed by atoms with E-state index in [1.54, 1.807) is 4.68 Å². The summed E-state index contributed by atoms with van der Waals surface area (Å²) in [6.45, 7) is 3.63. The standard InChI is InChI=1S/C15H18ClN5O/c1-4-12-11(15(16)21(3)17-12)9-20(2)8-10-5-6-13-14(7-10)19-22-18-13/h5-7H,4,8-9H2,1-3H3. The van der Waals surface area contributed by atoms with Gasteiger partial charge < -0.3 is 0 Å². The highest BCUT2D eigenvalue weighted by Crippen LogP contribution is 2.22. The molecular weight excluding hydrogens is 302 g/mol. The van der Waals surface area contributed by atoms with Gasteiger partial charge in [0.1, 0.15) is 16.2 Å². The molecule has 3 aromatic rings. The zero-order valence-electron chi connectivity index (χ0n) is 12.9. The highest BCUT2D eigenvalue weighted by molar-refractivity contribution is 6.30. The zero-order valence-corrected chi connectivity index (χ0v) is 13.6. The molecule has 7 heteroatoms. The first-order valence-electron chi connectivity index (χ1n) is 7.18. The van der Waals surface area contributed by atoms with E-state index in [9.17, 15) is 0 Å². The number of aryl methyl sites for hydroxylation is 2. The van der Waals surface area contributed by atoms with Gasteiger partial charge in [0.2, 0.25) is 0 Å². The van der Waals surface area contributed by atoms with Crippen molar-refractivity contribution in [2.45, 2.75) is 26.4 Å². The number of halogens is 1. The van der Waals surface area contributed by atoms with Crippen LogP contribution in [0.1, 0.15) is 23.7 Å². The van der Waals surface area contributed by atoms with Gasteiger partial charge in [-0.15, -0.1) is 0 Å². The maximum absolute atomic E-state index is 6.35. The van der Waals surface area contributed by atoms with Crippen LogP contribution in [0.5, 0.6) is 0 Å². The second-order valence-corrected chi connectivity index (χ2v) is 5.81. The minimum absolute atomic E-state index is 0.708. The van der Waals surface area contributed by atoms with E-state index in [2.05, 4.69) is 34.3 Å². The van der Waals surface area contributed by atoms with Crippen LogP contribution < -0.4 is 0 Å². The van der Waals surface area contributed by atoms with Crippen LogP contribution >= 0.6 is 11.6 Å². The Morgan fingerprint density at radius 1 is 1.23 bits per heavy atom. The summed E-state index contributed by atoms with van der Waals surface area (Å²) >= 11 is 6.35. The maximum Gasteiger partial charge on any atom is 0.135 e. The monoisotopic (exact) mass is 319 g/mol. The first-order chi connectivity index (χ1) is 10.6. The lowest BCUT2D eigenvalue weighted by molar-refractivity contribution is 0.315. The Balaban J connectivity index is 1.75. The van der Waals surface area contributed by atoms with E-state index in [4.69, 9.17) is 16.2 Å². The van der Waals surface area contributed by atoms with Crippen molar-refractivity contribution in [3.8, 4) is 0 Å². The third-order valence-corrected chi connectivity index (χ3v) is 4.16. The van der Waals surface area contributed by atoms with Gasteiger partial charge >= 0.3 is 0 Å². The molecular formula is C15H18ClN5O. The normalized spacial score (nSPS) is 11.7. The van der Waals surface area contributed by atoms with E-state index in [1.165, 1.54) is 0 Å². The second-order valence-electron chi connectivity index (χ2n) is 5.45. The van der Waals surface area contributed by atoms with E-state index in [-0.39, 0.29) is 0 Å². The Hall–Kier alpha value is -1.92. The van der Waals surface area contributed by atoms with E-state index in [0.29, 0.717) is 5.15 Å². The Kier molecular flexibility index (Phi) is 4.13. The van der Waals surface area contributed by atoms with Gasteiger partial charge in [0, 0.05) is 25.7 Å². The molecule has 2 heterocycles. The van der Waals surface area contributed by atoms with Gasteiger partial charge in [-0.25, -0.2) is 4.63 Å². The molecule has 0 aliphatic heterocycles. The fraction of sp³-hybridized carbons (Fsp3) is 0.400. The van der Waals surface area contributed by atoms with E-state index in [1.807, 2.05) is 25.2 Å². The number of rotatable bonds is 5. The average Bonchev–Trinajstić information content (AvgIpc) is 3.06. The van der Waals surface area contributed by atoms with Crippen molar-refractivity contribution in [1.82, 2.24) is 25.0 Å². The lowest BCUT2D eigenvalue weighted by Gasteiger charge is -2.17. The summed E-state index contributed by atoms with van der Waals surface area (Å²) in [5.41, 5.74) is 4.85. The molecule has 0 atom stereocenters. The molecule has 0 saturated heterocycles. The molecule has 0 radical (unpaired) electrons. The molecule has 0 aliphatic carbocycles. The van der Waals surface area contributed by atoms with Gasteiger partial charge in [0.25, 0.3) is 0 Å². The fourth-order valence-corrected chi connectivity index (χ4v) is 2.81. The van der Waals surface area contributed by atoms with Gasteiger partial charge in [-0.3, -0.25) is 9.58 Å². The molecule has 22 heavy (non-hydrogen) atoms. The Morgan fingerprint density at radius 3 is 2.77 bits per heavy atom. The number of hydrogen-bond donors (Lipinski definition) is 0. The lowest BCUT2D eigenvalue weighted by Crippen LogP contribution is -2.18. The molecule has 0 fully saturated rings. The third kappa shape index (κ3) is 2.84. The van der Waals surface area contributed by atoms with Crippen molar-refractivity contribution in [2.75, 3.05) is 7.05 Å². The minimum atomic E-state index is 0.708. The fourth-order valence-electron chi connectivity index (χ4n) is 2.60.